The van der Waals surface area contributed by atoms with E-state index in [2.05, 4.69) is 16.7 Å². The fourth-order valence-electron chi connectivity index (χ4n) is 0.856. The standard InChI is InChI=1S/C9H18N4O/c1-9(2,7-10)3-4-12-5-6-13-8(11)14/h12H,3-6H2,1-2H3,(H3,11,13,14). The third-order valence-electron chi connectivity index (χ3n) is 1.83. The van der Waals surface area contributed by atoms with Crippen molar-refractivity contribution >= 4 is 6.03 Å². The first-order chi connectivity index (χ1) is 6.48. The van der Waals surface area contributed by atoms with Crippen molar-refractivity contribution in [1.29, 1.82) is 5.26 Å². The minimum absolute atomic E-state index is 0.288. The van der Waals surface area contributed by atoms with E-state index in [1.54, 1.807) is 0 Å². The van der Waals surface area contributed by atoms with Gasteiger partial charge in [0.1, 0.15) is 0 Å². The molecule has 0 saturated heterocycles. The average Bonchev–Trinajstić information content (AvgIpc) is 2.10. The lowest BCUT2D eigenvalue weighted by molar-refractivity contribution is 0.249. The summed E-state index contributed by atoms with van der Waals surface area (Å²) in [6.45, 7) is 5.75. The van der Waals surface area contributed by atoms with Crippen molar-refractivity contribution in [2.24, 2.45) is 11.1 Å². The Hall–Kier alpha value is -1.28. The van der Waals surface area contributed by atoms with Gasteiger partial charge in [0.15, 0.2) is 0 Å². The quantitative estimate of drug-likeness (QED) is 0.532. The van der Waals surface area contributed by atoms with Gasteiger partial charge in [-0.25, -0.2) is 4.79 Å². The number of nitrogens with two attached hydrogens (primary N) is 1. The van der Waals surface area contributed by atoms with Crippen LogP contribution in [0.1, 0.15) is 20.3 Å². The van der Waals surface area contributed by atoms with Gasteiger partial charge in [-0.3, -0.25) is 0 Å². The smallest absolute Gasteiger partial charge is 0.312 e. The summed E-state index contributed by atoms with van der Waals surface area (Å²) in [6, 6.07) is 1.71. The van der Waals surface area contributed by atoms with Crippen LogP contribution in [0.25, 0.3) is 0 Å². The van der Waals surface area contributed by atoms with Crippen molar-refractivity contribution in [1.82, 2.24) is 10.6 Å². The maximum Gasteiger partial charge on any atom is 0.312 e. The third kappa shape index (κ3) is 7.37. The molecule has 0 bridgehead atoms. The van der Waals surface area contributed by atoms with E-state index >= 15 is 0 Å². The maximum absolute atomic E-state index is 10.3. The van der Waals surface area contributed by atoms with Crippen LogP contribution in [0.3, 0.4) is 0 Å². The van der Waals surface area contributed by atoms with Crippen LogP contribution < -0.4 is 16.4 Å². The van der Waals surface area contributed by atoms with E-state index in [-0.39, 0.29) is 5.41 Å². The van der Waals surface area contributed by atoms with Crippen molar-refractivity contribution < 1.29 is 4.79 Å². The van der Waals surface area contributed by atoms with Gasteiger partial charge >= 0.3 is 6.03 Å². The van der Waals surface area contributed by atoms with Crippen LogP contribution in [-0.4, -0.2) is 25.7 Å². The van der Waals surface area contributed by atoms with Crippen molar-refractivity contribution in [3.8, 4) is 6.07 Å². The first kappa shape index (κ1) is 12.7. The molecular weight excluding hydrogens is 180 g/mol. The summed E-state index contributed by atoms with van der Waals surface area (Å²) < 4.78 is 0. The minimum atomic E-state index is -0.510. The molecule has 0 aromatic carbocycles. The molecule has 0 rings (SSSR count). The number of rotatable bonds is 6. The summed E-state index contributed by atoms with van der Waals surface area (Å²) >= 11 is 0. The molecule has 80 valence electrons. The van der Waals surface area contributed by atoms with Crippen LogP contribution in [0, 0.1) is 16.7 Å². The summed E-state index contributed by atoms with van der Waals surface area (Å²) in [4.78, 5) is 10.3. The second kappa shape index (κ2) is 6.22. The van der Waals surface area contributed by atoms with Gasteiger partial charge < -0.3 is 16.4 Å². The first-order valence-electron chi connectivity index (χ1n) is 4.63. The number of nitriles is 1. The van der Waals surface area contributed by atoms with Gasteiger partial charge in [0.2, 0.25) is 0 Å². The second-order valence-corrected chi connectivity index (χ2v) is 3.79. The van der Waals surface area contributed by atoms with E-state index in [1.807, 2.05) is 13.8 Å². The number of hydrogen-bond donors (Lipinski definition) is 3. The minimum Gasteiger partial charge on any atom is -0.352 e. The molecule has 5 heteroatoms. The van der Waals surface area contributed by atoms with E-state index in [9.17, 15) is 4.79 Å². The molecule has 2 amide bonds. The monoisotopic (exact) mass is 198 g/mol. The summed E-state index contributed by atoms with van der Waals surface area (Å²) in [5.74, 6) is 0. The SMILES string of the molecule is CC(C)(C#N)CCNCCNC(N)=O. The summed E-state index contributed by atoms with van der Waals surface area (Å²) in [5.41, 5.74) is 4.59. The number of carbonyl (C=O) groups excluding carboxylic acids is 1. The lowest BCUT2D eigenvalue weighted by Crippen LogP contribution is -2.36. The van der Waals surface area contributed by atoms with Gasteiger partial charge in [-0.1, -0.05) is 0 Å². The highest BCUT2D eigenvalue weighted by Crippen LogP contribution is 2.16. The Morgan fingerprint density at radius 1 is 1.43 bits per heavy atom. The Balaban J connectivity index is 3.31. The lowest BCUT2D eigenvalue weighted by atomic mass is 9.92. The molecule has 0 aromatic rings. The molecule has 5 nitrogen and oxygen atoms in total. The lowest BCUT2D eigenvalue weighted by Gasteiger charge is -2.14. The van der Waals surface area contributed by atoms with Crippen LogP contribution in [0.5, 0.6) is 0 Å². The Morgan fingerprint density at radius 3 is 2.57 bits per heavy atom. The van der Waals surface area contributed by atoms with Crippen molar-refractivity contribution in [2.45, 2.75) is 20.3 Å². The Labute approximate surface area is 84.7 Å². The summed E-state index contributed by atoms with van der Waals surface area (Å²) in [6.07, 6.45) is 0.792. The molecule has 0 atom stereocenters. The highest BCUT2D eigenvalue weighted by Gasteiger charge is 2.14. The van der Waals surface area contributed by atoms with Crippen molar-refractivity contribution in [3.05, 3.63) is 0 Å². The zero-order valence-electron chi connectivity index (χ0n) is 8.76. The van der Waals surface area contributed by atoms with E-state index in [0.29, 0.717) is 13.1 Å². The van der Waals surface area contributed by atoms with Crippen LogP contribution in [0.15, 0.2) is 0 Å². The molecule has 14 heavy (non-hydrogen) atoms. The number of urea groups is 1. The highest BCUT2D eigenvalue weighted by atomic mass is 16.2. The molecule has 0 aliphatic rings. The number of nitrogens with one attached hydrogen (secondary N) is 2. The molecule has 0 aliphatic heterocycles. The first-order valence-corrected chi connectivity index (χ1v) is 4.63. The second-order valence-electron chi connectivity index (χ2n) is 3.79. The maximum atomic E-state index is 10.3. The molecule has 4 N–H and O–H groups in total. The number of hydrogen-bond acceptors (Lipinski definition) is 3. The number of carbonyl (C=O) groups is 1. The molecule has 0 saturated carbocycles. The van der Waals surface area contributed by atoms with E-state index in [0.717, 1.165) is 13.0 Å². The predicted octanol–water partition coefficient (Wildman–Crippen LogP) is 0.184. The van der Waals surface area contributed by atoms with Gasteiger partial charge in [-0.15, -0.1) is 0 Å². The zero-order chi connectivity index (χ0) is 11.0. The highest BCUT2D eigenvalue weighted by molar-refractivity contribution is 5.71. The molecule has 0 radical (unpaired) electrons. The molecule has 0 heterocycles. The third-order valence-corrected chi connectivity index (χ3v) is 1.83. The largest absolute Gasteiger partial charge is 0.352 e. The van der Waals surface area contributed by atoms with Crippen LogP contribution >= 0.6 is 0 Å². The summed E-state index contributed by atoms with van der Waals surface area (Å²) in [5, 5.41) is 14.3. The van der Waals surface area contributed by atoms with E-state index in [1.165, 1.54) is 0 Å². The van der Waals surface area contributed by atoms with Gasteiger partial charge in [0.05, 0.1) is 11.5 Å². The van der Waals surface area contributed by atoms with Crippen LogP contribution in [0.4, 0.5) is 4.79 Å². The van der Waals surface area contributed by atoms with Crippen LogP contribution in [0.2, 0.25) is 0 Å². The topological polar surface area (TPSA) is 90.9 Å². The fourth-order valence-corrected chi connectivity index (χ4v) is 0.856. The van der Waals surface area contributed by atoms with Gasteiger partial charge in [-0.2, -0.15) is 5.26 Å². The van der Waals surface area contributed by atoms with Gasteiger partial charge in [0, 0.05) is 13.1 Å². The normalized spacial score (nSPS) is 10.6. The van der Waals surface area contributed by atoms with Gasteiger partial charge in [-0.05, 0) is 26.8 Å². The summed E-state index contributed by atoms with van der Waals surface area (Å²) in [7, 11) is 0. The number of nitrogens with zero attached hydrogens (tertiary/aromatic N) is 1. The molecule has 0 fully saturated rings. The van der Waals surface area contributed by atoms with Gasteiger partial charge in [0.25, 0.3) is 0 Å². The molecule has 0 spiro atoms. The number of amides is 2. The van der Waals surface area contributed by atoms with E-state index in [4.69, 9.17) is 11.0 Å². The average molecular weight is 198 g/mol. The van der Waals surface area contributed by atoms with Crippen molar-refractivity contribution in [3.63, 3.8) is 0 Å². The molecule has 0 unspecified atom stereocenters. The van der Waals surface area contributed by atoms with Crippen molar-refractivity contribution in [2.75, 3.05) is 19.6 Å². The fraction of sp³-hybridized carbons (Fsp3) is 0.778. The Kier molecular flexibility index (Phi) is 5.65. The Bertz CT molecular complexity index is 219. The predicted molar refractivity (Wildman–Crippen MR) is 54.5 cm³/mol. The molecular formula is C9H18N4O. The zero-order valence-corrected chi connectivity index (χ0v) is 8.76. The number of primary amides is 1. The molecule has 0 aliphatic carbocycles. The molecule has 0 aromatic heterocycles. The van der Waals surface area contributed by atoms with Crippen LogP contribution in [-0.2, 0) is 0 Å². The Morgan fingerprint density at radius 2 is 2.07 bits per heavy atom. The van der Waals surface area contributed by atoms with E-state index < -0.39 is 6.03 Å².